The molecule has 0 unspecified atom stereocenters. The Morgan fingerprint density at radius 3 is 1.39 bits per heavy atom. The van der Waals surface area contributed by atoms with Crippen molar-refractivity contribution in [3.05, 3.63) is 180 Å². The first-order chi connectivity index (χ1) is 29.9. The van der Waals surface area contributed by atoms with E-state index in [4.69, 9.17) is 10.2 Å². The lowest BCUT2D eigenvalue weighted by Gasteiger charge is -2.28. The van der Waals surface area contributed by atoms with Crippen molar-refractivity contribution in [2.45, 2.75) is 47.6 Å². The predicted octanol–water partition coefficient (Wildman–Crippen LogP) is 11.8. The number of fused-ring (bicyclic) bond motifs is 2. The first kappa shape index (κ1) is 39.5. The van der Waals surface area contributed by atoms with Crippen molar-refractivity contribution in [2.24, 2.45) is 16.9 Å². The number of aromatic amines is 1. The molecule has 2 heterocycles. The van der Waals surface area contributed by atoms with Crippen molar-refractivity contribution < 1.29 is 4.80 Å². The van der Waals surface area contributed by atoms with Crippen LogP contribution < -0.4 is 25.2 Å². The molecule has 0 fully saturated rings. The van der Waals surface area contributed by atoms with Crippen molar-refractivity contribution in [2.75, 3.05) is 22.9 Å². The average molecular weight is 801 g/mol. The molecule has 7 heteroatoms. The molecule has 7 aromatic carbocycles. The molecule has 8 aromatic rings. The summed E-state index contributed by atoms with van der Waals surface area (Å²) in [7, 11) is 0. The standard InChI is InChI=1S/C54H54N7/c1-6-40-37-58(35-38(2)3)55-52-49(40)50(41-27-31-47(32-28-41)60(43-19-11-7-12-20-43)44-21-13-8-14-22-44)53-54(57-59(56-53)36-39(4)5)51(52)42-29-33-48(34-30-42)61(45-23-15-9-16-24-45)46-25-17-10-18-26-46/h7-34,38-39H,6,35-37H2,1-5H3,(H,56,57)/q+1. The minimum absolute atomic E-state index is 0.401. The first-order valence-corrected chi connectivity index (χ1v) is 21.7. The summed E-state index contributed by atoms with van der Waals surface area (Å²) < 4.78 is 0. The second-order valence-corrected chi connectivity index (χ2v) is 16.8. The van der Waals surface area contributed by atoms with Gasteiger partial charge >= 0.3 is 0 Å². The summed E-state index contributed by atoms with van der Waals surface area (Å²) >= 11 is 0. The third-order valence-corrected chi connectivity index (χ3v) is 11.3. The van der Waals surface area contributed by atoms with Gasteiger partial charge in [0, 0.05) is 68.0 Å². The number of H-pyrrole nitrogens is 1. The summed E-state index contributed by atoms with van der Waals surface area (Å²) in [6.45, 7) is 13.7. The van der Waals surface area contributed by atoms with Crippen LogP contribution in [0.15, 0.2) is 175 Å². The van der Waals surface area contributed by atoms with Crippen LogP contribution in [0.2, 0.25) is 0 Å². The number of hydrogen-bond donors (Lipinski definition) is 1. The van der Waals surface area contributed by atoms with E-state index < -0.39 is 0 Å². The molecule has 1 N–H and O–H groups in total. The van der Waals surface area contributed by atoms with Gasteiger partial charge in [-0.1, -0.05) is 132 Å². The first-order valence-electron chi connectivity index (χ1n) is 21.7. The fraction of sp³-hybridized carbons (Fsp3) is 0.204. The Labute approximate surface area is 359 Å². The van der Waals surface area contributed by atoms with Crippen LogP contribution in [0.3, 0.4) is 0 Å². The Bertz CT molecular complexity index is 2770. The van der Waals surface area contributed by atoms with E-state index in [0.717, 1.165) is 98.8 Å². The van der Waals surface area contributed by atoms with Gasteiger partial charge in [-0.3, -0.25) is 5.01 Å². The molecule has 0 aliphatic carbocycles. The van der Waals surface area contributed by atoms with Crippen molar-refractivity contribution in [3.63, 3.8) is 0 Å². The number of nitrogens with one attached hydrogen (secondary N) is 1. The minimum atomic E-state index is 0.401. The number of nitrogens with zero attached hydrogens (tertiary/aromatic N) is 6. The zero-order chi connectivity index (χ0) is 41.9. The maximum absolute atomic E-state index is 5.58. The zero-order valence-electron chi connectivity index (χ0n) is 35.8. The lowest BCUT2D eigenvalue weighted by atomic mass is 9.91. The highest BCUT2D eigenvalue weighted by Gasteiger charge is 2.28. The number of para-hydroxylation sites is 4. The molecule has 0 saturated heterocycles. The molecule has 61 heavy (non-hydrogen) atoms. The fourth-order valence-corrected chi connectivity index (χ4v) is 8.69. The molecule has 1 aliphatic heterocycles. The smallest absolute Gasteiger partial charge is 0.203 e. The Hall–Kier alpha value is -6.99. The molecule has 9 rings (SSSR count). The highest BCUT2D eigenvalue weighted by Crippen LogP contribution is 2.38. The van der Waals surface area contributed by atoms with Gasteiger partial charge in [0.05, 0.1) is 6.54 Å². The third-order valence-electron chi connectivity index (χ3n) is 11.3. The Kier molecular flexibility index (Phi) is 11.2. The molecule has 0 saturated carbocycles. The topological polar surface area (TPSA) is 54.6 Å². The molecule has 0 amide bonds. The van der Waals surface area contributed by atoms with Gasteiger partial charge in [0.15, 0.2) is 5.52 Å². The van der Waals surface area contributed by atoms with Gasteiger partial charge in [0.2, 0.25) is 6.54 Å². The van der Waals surface area contributed by atoms with Crippen molar-refractivity contribution >= 4 is 50.7 Å². The molecular weight excluding hydrogens is 747 g/mol. The van der Waals surface area contributed by atoms with Gasteiger partial charge in [-0.25, -0.2) is 0 Å². The highest BCUT2D eigenvalue weighted by molar-refractivity contribution is 6.01. The highest BCUT2D eigenvalue weighted by atomic mass is 15.5. The van der Waals surface area contributed by atoms with E-state index >= 15 is 0 Å². The summed E-state index contributed by atoms with van der Waals surface area (Å²) in [5, 5.41) is 19.3. The van der Waals surface area contributed by atoms with Crippen LogP contribution in [-0.4, -0.2) is 28.3 Å². The Morgan fingerprint density at radius 2 is 0.984 bits per heavy atom. The van der Waals surface area contributed by atoms with Crippen LogP contribution >= 0.6 is 0 Å². The van der Waals surface area contributed by atoms with E-state index in [2.05, 4.69) is 224 Å². The summed E-state index contributed by atoms with van der Waals surface area (Å²) in [6, 6.07) is 60.4. The van der Waals surface area contributed by atoms with Crippen LogP contribution in [0.5, 0.6) is 0 Å². The van der Waals surface area contributed by atoms with Crippen molar-refractivity contribution in [1.82, 2.24) is 15.2 Å². The average Bonchev–Trinajstić information content (AvgIpc) is 3.69. The molecule has 0 atom stereocenters. The second-order valence-electron chi connectivity index (χ2n) is 16.8. The van der Waals surface area contributed by atoms with E-state index in [0.29, 0.717) is 11.8 Å². The second kappa shape index (κ2) is 17.3. The number of aromatic nitrogens is 3. The Balaban J connectivity index is 1.26. The summed E-state index contributed by atoms with van der Waals surface area (Å²) in [5.41, 5.74) is 14.4. The lowest BCUT2D eigenvalue weighted by molar-refractivity contribution is -0.804. The molecule has 304 valence electrons. The molecule has 1 aromatic heterocycles. The van der Waals surface area contributed by atoms with Crippen LogP contribution in [-0.2, 0) is 6.54 Å². The molecule has 0 bridgehead atoms. The van der Waals surface area contributed by atoms with Crippen LogP contribution in [0.4, 0.5) is 34.1 Å². The van der Waals surface area contributed by atoms with Crippen LogP contribution in [0.25, 0.3) is 38.9 Å². The largest absolute Gasteiger partial charge is 0.311 e. The van der Waals surface area contributed by atoms with Crippen LogP contribution in [0, 0.1) is 11.8 Å². The predicted molar refractivity (Wildman–Crippen MR) is 252 cm³/mol. The third kappa shape index (κ3) is 8.04. The van der Waals surface area contributed by atoms with Crippen LogP contribution in [0.1, 0.15) is 41.0 Å². The van der Waals surface area contributed by atoms with E-state index in [1.165, 1.54) is 10.8 Å². The van der Waals surface area contributed by atoms with E-state index in [1.54, 1.807) is 0 Å². The maximum atomic E-state index is 5.58. The van der Waals surface area contributed by atoms with Gasteiger partial charge in [-0.05, 0) is 107 Å². The number of rotatable bonds is 13. The van der Waals surface area contributed by atoms with Gasteiger partial charge in [-0.2, -0.15) is 5.10 Å². The number of anilines is 6. The minimum Gasteiger partial charge on any atom is -0.311 e. The van der Waals surface area contributed by atoms with Gasteiger partial charge in [0.1, 0.15) is 10.9 Å². The fourth-order valence-electron chi connectivity index (χ4n) is 8.69. The summed E-state index contributed by atoms with van der Waals surface area (Å²) in [4.78, 5) is 6.65. The van der Waals surface area contributed by atoms with Crippen molar-refractivity contribution in [1.29, 1.82) is 0 Å². The molecule has 1 aliphatic rings. The quantitative estimate of drug-likeness (QED) is 0.118. The van der Waals surface area contributed by atoms with E-state index in [-0.39, 0.29) is 0 Å². The normalized spacial score (nSPS) is 12.5. The molecule has 0 radical (unpaired) electrons. The van der Waals surface area contributed by atoms with E-state index in [1.807, 2.05) is 4.80 Å². The number of hydrogen-bond acceptors (Lipinski definition) is 5. The lowest BCUT2D eigenvalue weighted by Crippen LogP contribution is -2.43. The maximum Gasteiger partial charge on any atom is 0.203 e. The van der Waals surface area contributed by atoms with Gasteiger partial charge in [-0.15, -0.1) is 5.10 Å². The number of benzene rings is 7. The molecular formula is C54H54N7+. The van der Waals surface area contributed by atoms with Gasteiger partial charge < -0.3 is 9.80 Å². The molecule has 0 spiro atoms. The van der Waals surface area contributed by atoms with Gasteiger partial charge in [0.25, 0.3) is 0 Å². The van der Waals surface area contributed by atoms with E-state index in [9.17, 15) is 0 Å². The SMILES string of the molecule is CCC1=c2c(-c3ccc(N(c4ccccc4)c4ccccc4)cc3)c3[nH][n+](CC(C)C)nc3c(-c3ccc(N(c4ccccc4)c4ccccc4)cc3)c2=NN(CC(C)C)C1. The summed E-state index contributed by atoms with van der Waals surface area (Å²) in [6.07, 6.45) is 0.908. The zero-order valence-corrected chi connectivity index (χ0v) is 35.8. The summed E-state index contributed by atoms with van der Waals surface area (Å²) in [5.74, 6) is 0.859. The molecule has 7 nitrogen and oxygen atoms in total. The monoisotopic (exact) mass is 800 g/mol. The van der Waals surface area contributed by atoms with Crippen molar-refractivity contribution in [3.8, 4) is 22.3 Å². The Morgan fingerprint density at radius 1 is 0.557 bits per heavy atom.